The Labute approximate surface area is 115 Å². The van der Waals surface area contributed by atoms with Gasteiger partial charge in [-0.3, -0.25) is 4.79 Å². The maximum absolute atomic E-state index is 13.1. The first-order valence-corrected chi connectivity index (χ1v) is 6.51. The molecule has 1 aliphatic rings. The Balaban J connectivity index is 2.51. The Morgan fingerprint density at radius 2 is 1.90 bits per heavy atom. The minimum Gasteiger partial charge on any atom is -0.294 e. The van der Waals surface area contributed by atoms with Gasteiger partial charge in [-0.15, -0.1) is 0 Å². The van der Waals surface area contributed by atoms with Gasteiger partial charge in [0.25, 0.3) is 0 Å². The number of hydrogen-bond donors (Lipinski definition) is 0. The fourth-order valence-electron chi connectivity index (χ4n) is 2.84. The quantitative estimate of drug-likeness (QED) is 0.760. The van der Waals surface area contributed by atoms with Crippen molar-refractivity contribution in [3.8, 4) is 6.07 Å². The van der Waals surface area contributed by atoms with E-state index in [2.05, 4.69) is 0 Å². The number of ketones is 1. The van der Waals surface area contributed by atoms with E-state index in [0.717, 1.165) is 31.7 Å². The molecule has 0 aromatic heterocycles. The standard InChI is InChI=1S/C15H14F3NO/c1-9-12(14(20)10-4-2-3-5-10)7-6-11(8-19)13(9)15(16,17)18/h6-7,10H,2-5H2,1H3. The van der Waals surface area contributed by atoms with Gasteiger partial charge in [-0.05, 0) is 37.5 Å². The Hall–Kier alpha value is -1.83. The maximum atomic E-state index is 13.1. The lowest BCUT2D eigenvalue weighted by molar-refractivity contribution is -0.138. The van der Waals surface area contributed by atoms with Crippen LogP contribution in [-0.2, 0) is 6.18 Å². The van der Waals surface area contributed by atoms with Gasteiger partial charge >= 0.3 is 6.18 Å². The van der Waals surface area contributed by atoms with Gasteiger partial charge in [0.15, 0.2) is 5.78 Å². The highest BCUT2D eigenvalue weighted by Crippen LogP contribution is 2.37. The molecule has 1 aliphatic carbocycles. The van der Waals surface area contributed by atoms with Crippen LogP contribution in [0.1, 0.15) is 52.7 Å². The van der Waals surface area contributed by atoms with Crippen LogP contribution in [0.4, 0.5) is 13.2 Å². The van der Waals surface area contributed by atoms with Crippen molar-refractivity contribution < 1.29 is 18.0 Å². The summed E-state index contributed by atoms with van der Waals surface area (Å²) in [5.74, 6) is -0.405. The molecule has 1 aromatic rings. The summed E-state index contributed by atoms with van der Waals surface area (Å²) in [5, 5.41) is 8.81. The zero-order valence-corrected chi connectivity index (χ0v) is 11.0. The number of carbonyl (C=O) groups excluding carboxylic acids is 1. The smallest absolute Gasteiger partial charge is 0.294 e. The summed E-state index contributed by atoms with van der Waals surface area (Å²) in [6, 6.07) is 3.99. The number of alkyl halides is 3. The van der Waals surface area contributed by atoms with E-state index in [1.807, 2.05) is 0 Å². The van der Waals surface area contributed by atoms with Gasteiger partial charge in [-0.1, -0.05) is 12.8 Å². The molecule has 0 aliphatic heterocycles. The van der Waals surface area contributed by atoms with Gasteiger partial charge in [-0.2, -0.15) is 18.4 Å². The molecule has 5 heteroatoms. The van der Waals surface area contributed by atoms with Crippen LogP contribution in [0.15, 0.2) is 12.1 Å². The monoisotopic (exact) mass is 281 g/mol. The summed E-state index contributed by atoms with van der Waals surface area (Å²) in [5.41, 5.74) is -1.45. The van der Waals surface area contributed by atoms with E-state index in [0.29, 0.717) is 0 Å². The summed E-state index contributed by atoms with van der Waals surface area (Å²) < 4.78 is 39.2. The molecule has 0 spiro atoms. The van der Waals surface area contributed by atoms with E-state index in [4.69, 9.17) is 5.26 Å². The molecule has 0 unspecified atom stereocenters. The zero-order valence-electron chi connectivity index (χ0n) is 11.0. The molecule has 0 heterocycles. The third kappa shape index (κ3) is 2.55. The highest BCUT2D eigenvalue weighted by molar-refractivity contribution is 5.99. The van der Waals surface area contributed by atoms with Gasteiger partial charge in [0.2, 0.25) is 0 Å². The van der Waals surface area contributed by atoms with Crippen LogP contribution in [0.3, 0.4) is 0 Å². The summed E-state index contributed by atoms with van der Waals surface area (Å²) in [4.78, 5) is 12.3. The van der Waals surface area contributed by atoms with Crippen molar-refractivity contribution in [2.45, 2.75) is 38.8 Å². The number of carbonyl (C=O) groups is 1. The Bertz CT molecular complexity index is 578. The van der Waals surface area contributed by atoms with Gasteiger partial charge in [0.1, 0.15) is 0 Å². The number of nitrogens with zero attached hydrogens (tertiary/aromatic N) is 1. The van der Waals surface area contributed by atoms with Gasteiger partial charge in [-0.25, -0.2) is 0 Å². The zero-order chi connectivity index (χ0) is 14.9. The molecule has 2 nitrogen and oxygen atoms in total. The average Bonchev–Trinajstić information content (AvgIpc) is 2.89. The van der Waals surface area contributed by atoms with Crippen molar-refractivity contribution >= 4 is 5.78 Å². The van der Waals surface area contributed by atoms with E-state index >= 15 is 0 Å². The first-order valence-electron chi connectivity index (χ1n) is 6.51. The first-order chi connectivity index (χ1) is 9.36. The number of halogens is 3. The average molecular weight is 281 g/mol. The number of hydrogen-bond acceptors (Lipinski definition) is 2. The second kappa shape index (κ2) is 5.28. The predicted molar refractivity (Wildman–Crippen MR) is 67.2 cm³/mol. The molecular formula is C15H14F3NO. The third-order valence-electron chi connectivity index (χ3n) is 3.86. The summed E-state index contributed by atoms with van der Waals surface area (Å²) in [6.07, 6.45) is -1.27. The van der Waals surface area contributed by atoms with Crippen molar-refractivity contribution in [2.75, 3.05) is 0 Å². The molecule has 20 heavy (non-hydrogen) atoms. The van der Waals surface area contributed by atoms with Crippen molar-refractivity contribution in [1.29, 1.82) is 5.26 Å². The minimum atomic E-state index is -4.62. The summed E-state index contributed by atoms with van der Waals surface area (Å²) in [7, 11) is 0. The van der Waals surface area contributed by atoms with Crippen LogP contribution in [0, 0.1) is 24.2 Å². The number of rotatable bonds is 2. The van der Waals surface area contributed by atoms with Crippen LogP contribution < -0.4 is 0 Å². The third-order valence-corrected chi connectivity index (χ3v) is 3.86. The molecule has 0 N–H and O–H groups in total. The van der Waals surface area contributed by atoms with Gasteiger partial charge in [0, 0.05) is 11.5 Å². The van der Waals surface area contributed by atoms with Crippen LogP contribution in [0.5, 0.6) is 0 Å². The second-order valence-corrected chi connectivity index (χ2v) is 5.12. The SMILES string of the molecule is Cc1c(C(=O)C2CCCC2)ccc(C#N)c1C(F)(F)F. The Kier molecular flexibility index (Phi) is 3.85. The normalized spacial score (nSPS) is 16.1. The number of Topliss-reactive ketones (excluding diaryl/α,β-unsaturated/α-hetero) is 1. The van der Waals surface area contributed by atoms with Gasteiger partial charge < -0.3 is 0 Å². The molecule has 106 valence electrons. The molecule has 0 saturated heterocycles. The first kappa shape index (κ1) is 14.6. The molecular weight excluding hydrogens is 267 g/mol. The van der Waals surface area contributed by atoms with Crippen molar-refractivity contribution in [1.82, 2.24) is 0 Å². The Morgan fingerprint density at radius 1 is 1.30 bits per heavy atom. The molecule has 0 amide bonds. The van der Waals surface area contributed by atoms with E-state index in [1.165, 1.54) is 13.0 Å². The molecule has 0 atom stereocenters. The maximum Gasteiger partial charge on any atom is 0.417 e. The largest absolute Gasteiger partial charge is 0.417 e. The Morgan fingerprint density at radius 3 is 2.40 bits per heavy atom. The number of nitriles is 1. The van der Waals surface area contributed by atoms with Gasteiger partial charge in [0.05, 0.1) is 17.2 Å². The summed E-state index contributed by atoms with van der Waals surface area (Å²) in [6.45, 7) is 1.27. The number of benzene rings is 1. The minimum absolute atomic E-state index is 0.100. The van der Waals surface area contributed by atoms with E-state index in [1.54, 1.807) is 6.07 Å². The second-order valence-electron chi connectivity index (χ2n) is 5.12. The van der Waals surface area contributed by atoms with E-state index in [-0.39, 0.29) is 22.8 Å². The van der Waals surface area contributed by atoms with Crippen molar-refractivity contribution in [2.24, 2.45) is 5.92 Å². The van der Waals surface area contributed by atoms with Crippen molar-refractivity contribution in [3.63, 3.8) is 0 Å². The molecule has 2 rings (SSSR count). The van der Waals surface area contributed by atoms with E-state index in [9.17, 15) is 18.0 Å². The molecule has 1 saturated carbocycles. The lowest BCUT2D eigenvalue weighted by Gasteiger charge is -2.17. The van der Waals surface area contributed by atoms with Crippen LogP contribution in [0.25, 0.3) is 0 Å². The molecule has 0 radical (unpaired) electrons. The molecule has 1 fully saturated rings. The van der Waals surface area contributed by atoms with Crippen LogP contribution in [-0.4, -0.2) is 5.78 Å². The highest BCUT2D eigenvalue weighted by Gasteiger charge is 2.37. The lowest BCUT2D eigenvalue weighted by atomic mass is 9.89. The van der Waals surface area contributed by atoms with E-state index < -0.39 is 17.3 Å². The van der Waals surface area contributed by atoms with Crippen molar-refractivity contribution in [3.05, 3.63) is 34.4 Å². The predicted octanol–water partition coefficient (Wildman–Crippen LogP) is 4.26. The topological polar surface area (TPSA) is 40.9 Å². The fraction of sp³-hybridized carbons (Fsp3) is 0.467. The highest BCUT2D eigenvalue weighted by atomic mass is 19.4. The lowest BCUT2D eigenvalue weighted by Crippen LogP contribution is -2.17. The summed E-state index contributed by atoms with van der Waals surface area (Å²) >= 11 is 0. The van der Waals surface area contributed by atoms with Crippen LogP contribution in [0.2, 0.25) is 0 Å². The molecule has 0 bridgehead atoms. The molecule has 1 aromatic carbocycles. The fourth-order valence-corrected chi connectivity index (χ4v) is 2.84. The van der Waals surface area contributed by atoms with Crippen LogP contribution >= 0.6 is 0 Å².